The van der Waals surface area contributed by atoms with Crippen molar-refractivity contribution in [2.24, 2.45) is 0 Å². The summed E-state index contributed by atoms with van der Waals surface area (Å²) < 4.78 is 10.9. The van der Waals surface area contributed by atoms with Gasteiger partial charge in [-0.05, 0) is 41.5 Å². The van der Waals surface area contributed by atoms with Crippen LogP contribution < -0.4 is 4.65 Å². The first-order chi connectivity index (χ1) is 10.8. The van der Waals surface area contributed by atoms with Crippen LogP contribution in [-0.2, 0) is 0 Å². The van der Waals surface area contributed by atoms with Crippen molar-refractivity contribution in [2.75, 3.05) is 0 Å². The van der Waals surface area contributed by atoms with E-state index in [4.69, 9.17) is 14.1 Å². The molecule has 4 rings (SSSR count). The zero-order valence-corrected chi connectivity index (χ0v) is 11.7. The summed E-state index contributed by atoms with van der Waals surface area (Å²) in [5.74, 6) is 0.574. The first-order valence-electron chi connectivity index (χ1n) is 6.99. The third-order valence-corrected chi connectivity index (χ3v) is 3.74. The Kier molecular flexibility index (Phi) is 3.09. The molecule has 0 bridgehead atoms. The van der Waals surface area contributed by atoms with Crippen LogP contribution in [-0.4, -0.2) is 12.7 Å². The van der Waals surface area contributed by atoms with E-state index in [1.165, 1.54) is 0 Å². The van der Waals surface area contributed by atoms with Gasteiger partial charge in [0.1, 0.15) is 16.9 Å². The van der Waals surface area contributed by atoms with E-state index < -0.39 is 0 Å². The molecule has 0 amide bonds. The van der Waals surface area contributed by atoms with Crippen LogP contribution >= 0.6 is 0 Å². The fourth-order valence-electron chi connectivity index (χ4n) is 2.70. The van der Waals surface area contributed by atoms with Crippen LogP contribution in [0.1, 0.15) is 0 Å². The van der Waals surface area contributed by atoms with Gasteiger partial charge >= 0.3 is 7.69 Å². The van der Waals surface area contributed by atoms with Gasteiger partial charge in [0.15, 0.2) is 0 Å². The fraction of sp³-hybridized carbons (Fsp3) is 0. The van der Waals surface area contributed by atoms with Gasteiger partial charge in [0, 0.05) is 10.8 Å². The van der Waals surface area contributed by atoms with Crippen LogP contribution in [0.2, 0.25) is 0 Å². The van der Waals surface area contributed by atoms with Gasteiger partial charge in [0.2, 0.25) is 0 Å². The monoisotopic (exact) mass is 287 g/mol. The molecular formula is C18H12BO3. The second-order valence-corrected chi connectivity index (χ2v) is 5.06. The van der Waals surface area contributed by atoms with Crippen molar-refractivity contribution in [3.63, 3.8) is 0 Å². The summed E-state index contributed by atoms with van der Waals surface area (Å²) in [4.78, 5) is 0. The molecule has 1 N–H and O–H groups in total. The smallest absolute Gasteiger partial charge is 0.537 e. The van der Waals surface area contributed by atoms with Crippen molar-refractivity contribution in [2.45, 2.75) is 0 Å². The molecule has 22 heavy (non-hydrogen) atoms. The van der Waals surface area contributed by atoms with Gasteiger partial charge in [0.25, 0.3) is 0 Å². The van der Waals surface area contributed by atoms with E-state index >= 15 is 0 Å². The van der Waals surface area contributed by atoms with Crippen molar-refractivity contribution in [1.82, 2.24) is 0 Å². The molecule has 4 heteroatoms. The Morgan fingerprint density at radius 3 is 2.45 bits per heavy atom. The van der Waals surface area contributed by atoms with Crippen LogP contribution in [0.5, 0.6) is 5.75 Å². The van der Waals surface area contributed by atoms with Crippen LogP contribution in [0, 0.1) is 0 Å². The largest absolute Gasteiger partial charge is 0.569 e. The number of furan rings is 1. The Morgan fingerprint density at radius 2 is 1.64 bits per heavy atom. The molecule has 105 valence electrons. The van der Waals surface area contributed by atoms with Crippen LogP contribution in [0.3, 0.4) is 0 Å². The minimum atomic E-state index is 0.574. The lowest BCUT2D eigenvalue weighted by Gasteiger charge is -2.01. The number of hydrogen-bond acceptors (Lipinski definition) is 3. The second kappa shape index (κ2) is 5.24. The zero-order valence-electron chi connectivity index (χ0n) is 11.7. The van der Waals surface area contributed by atoms with Gasteiger partial charge in [-0.2, -0.15) is 0 Å². The lowest BCUT2D eigenvalue weighted by molar-refractivity contribution is 0.454. The Bertz CT molecular complexity index is 945. The molecule has 0 aliphatic carbocycles. The van der Waals surface area contributed by atoms with Crippen LogP contribution in [0.25, 0.3) is 33.1 Å². The zero-order chi connectivity index (χ0) is 14.9. The predicted molar refractivity (Wildman–Crippen MR) is 87.8 cm³/mol. The van der Waals surface area contributed by atoms with Crippen LogP contribution in [0.15, 0.2) is 71.1 Å². The van der Waals surface area contributed by atoms with E-state index in [9.17, 15) is 0 Å². The molecule has 1 heterocycles. The highest BCUT2D eigenvalue weighted by molar-refractivity contribution is 6.17. The predicted octanol–water partition coefficient (Wildman–Crippen LogP) is 4.16. The van der Waals surface area contributed by atoms with E-state index in [2.05, 4.69) is 24.3 Å². The van der Waals surface area contributed by atoms with Crippen molar-refractivity contribution in [3.8, 4) is 16.9 Å². The highest BCUT2D eigenvalue weighted by Crippen LogP contribution is 2.33. The van der Waals surface area contributed by atoms with Crippen LogP contribution in [0.4, 0.5) is 0 Å². The molecule has 3 aromatic carbocycles. The van der Waals surface area contributed by atoms with Gasteiger partial charge in [-0.15, -0.1) is 0 Å². The number of hydrogen-bond donors (Lipinski definition) is 1. The molecule has 1 aromatic heterocycles. The van der Waals surface area contributed by atoms with E-state index in [1.807, 2.05) is 36.4 Å². The normalized spacial score (nSPS) is 11.0. The average molecular weight is 287 g/mol. The van der Waals surface area contributed by atoms with E-state index in [1.54, 1.807) is 6.07 Å². The van der Waals surface area contributed by atoms with Gasteiger partial charge in [-0.1, -0.05) is 36.4 Å². The summed E-state index contributed by atoms with van der Waals surface area (Å²) in [7, 11) is 0.678. The standard InChI is InChI=1S/C18H12BO3/c20-19-22-14-7-9-17-16(11-14)15-8-6-13(10-18(15)21-17)12-4-2-1-3-5-12/h1-11,20H. The molecule has 3 nitrogen and oxygen atoms in total. The molecule has 0 atom stereocenters. The topological polar surface area (TPSA) is 42.6 Å². The highest BCUT2D eigenvalue weighted by atomic mass is 16.5. The van der Waals surface area contributed by atoms with Gasteiger partial charge < -0.3 is 14.1 Å². The summed E-state index contributed by atoms with van der Waals surface area (Å²) in [6.45, 7) is 0. The Labute approximate surface area is 128 Å². The summed E-state index contributed by atoms with van der Waals surface area (Å²) >= 11 is 0. The second-order valence-electron chi connectivity index (χ2n) is 5.06. The lowest BCUT2D eigenvalue weighted by atomic mass is 10.0. The third kappa shape index (κ3) is 2.14. The average Bonchev–Trinajstić information content (AvgIpc) is 2.93. The summed E-state index contributed by atoms with van der Waals surface area (Å²) in [6.07, 6.45) is 0. The lowest BCUT2D eigenvalue weighted by Crippen LogP contribution is -1.98. The van der Waals surface area contributed by atoms with E-state index in [0.29, 0.717) is 13.4 Å². The SMILES string of the molecule is O[B]Oc1ccc2oc3cc(-c4ccccc4)ccc3c2c1. The minimum Gasteiger partial charge on any atom is -0.537 e. The third-order valence-electron chi connectivity index (χ3n) is 3.74. The maximum absolute atomic E-state index is 8.75. The van der Waals surface area contributed by atoms with Crippen molar-refractivity contribution in [1.29, 1.82) is 0 Å². The molecule has 0 unspecified atom stereocenters. The first-order valence-corrected chi connectivity index (χ1v) is 6.99. The summed E-state index contributed by atoms with van der Waals surface area (Å²) in [6, 6.07) is 21.8. The van der Waals surface area contributed by atoms with E-state index in [0.717, 1.165) is 33.1 Å². The Morgan fingerprint density at radius 1 is 0.773 bits per heavy atom. The quantitative estimate of drug-likeness (QED) is 0.575. The molecule has 0 fully saturated rings. The first kappa shape index (κ1) is 13.0. The molecule has 0 saturated heterocycles. The van der Waals surface area contributed by atoms with Crippen molar-refractivity contribution in [3.05, 3.63) is 66.7 Å². The fourth-order valence-corrected chi connectivity index (χ4v) is 2.70. The Hall–Kier alpha value is -2.72. The molecule has 0 aliphatic heterocycles. The summed E-state index contributed by atoms with van der Waals surface area (Å²) in [5.41, 5.74) is 3.91. The number of fused-ring (bicyclic) bond motifs is 3. The minimum absolute atomic E-state index is 0.574. The maximum atomic E-state index is 8.75. The highest BCUT2D eigenvalue weighted by Gasteiger charge is 2.09. The van der Waals surface area contributed by atoms with Crippen molar-refractivity contribution >= 4 is 29.6 Å². The summed E-state index contributed by atoms with van der Waals surface area (Å²) in [5, 5.41) is 10.7. The Balaban J connectivity index is 1.89. The molecule has 1 radical (unpaired) electrons. The molecular weight excluding hydrogens is 275 g/mol. The molecule has 0 spiro atoms. The number of benzene rings is 3. The molecule has 4 aromatic rings. The van der Waals surface area contributed by atoms with Gasteiger partial charge in [0.05, 0.1) is 0 Å². The van der Waals surface area contributed by atoms with E-state index in [-0.39, 0.29) is 0 Å². The number of rotatable bonds is 3. The molecule has 0 saturated carbocycles. The molecule has 0 aliphatic rings. The van der Waals surface area contributed by atoms with Crippen molar-refractivity contribution < 1.29 is 14.1 Å². The van der Waals surface area contributed by atoms with Gasteiger partial charge in [-0.3, -0.25) is 0 Å². The van der Waals surface area contributed by atoms with Gasteiger partial charge in [-0.25, -0.2) is 0 Å². The maximum Gasteiger partial charge on any atom is 0.569 e.